The van der Waals surface area contributed by atoms with E-state index in [4.69, 9.17) is 0 Å². The van der Waals surface area contributed by atoms with Gasteiger partial charge in [0.1, 0.15) is 0 Å². The molecule has 0 aromatic rings. The second kappa shape index (κ2) is 2.74. The van der Waals surface area contributed by atoms with Crippen LogP contribution in [0.3, 0.4) is 0 Å². The Kier molecular flexibility index (Phi) is 1.91. The summed E-state index contributed by atoms with van der Waals surface area (Å²) in [6, 6.07) is 2.59. The second-order valence-corrected chi connectivity index (χ2v) is 5.73. The van der Waals surface area contributed by atoms with Gasteiger partial charge >= 0.3 is 0 Å². The first kappa shape index (κ1) is 9.06. The highest BCUT2D eigenvalue weighted by Gasteiger charge is 2.48. The largest absolute Gasteiger partial charge is 0.198 e. The fraction of sp³-hybridized carbons (Fsp3) is 0.917. The molecule has 0 saturated heterocycles. The molecule has 2 saturated carbocycles. The van der Waals surface area contributed by atoms with Crippen LogP contribution in [0.5, 0.6) is 0 Å². The van der Waals surface area contributed by atoms with Crippen LogP contribution in [0.15, 0.2) is 0 Å². The van der Waals surface area contributed by atoms with Gasteiger partial charge in [-0.05, 0) is 43.4 Å². The van der Waals surface area contributed by atoms with Crippen molar-refractivity contribution in [1.82, 2.24) is 0 Å². The van der Waals surface area contributed by atoms with Crippen molar-refractivity contribution in [2.75, 3.05) is 0 Å². The Morgan fingerprint density at radius 3 is 2.23 bits per heavy atom. The number of rotatable bonds is 1. The summed E-state index contributed by atoms with van der Waals surface area (Å²) < 4.78 is 0. The highest BCUT2D eigenvalue weighted by Crippen LogP contribution is 2.56. The average Bonchev–Trinajstić information content (AvgIpc) is 2.30. The predicted molar refractivity (Wildman–Crippen MR) is 53.0 cm³/mol. The zero-order chi connectivity index (χ0) is 9.53. The van der Waals surface area contributed by atoms with Gasteiger partial charge in [-0.25, -0.2) is 0 Å². The molecule has 2 rings (SSSR count). The van der Waals surface area contributed by atoms with Crippen LogP contribution in [0.4, 0.5) is 0 Å². The summed E-state index contributed by atoms with van der Waals surface area (Å²) in [5.74, 6) is 0.709. The highest BCUT2D eigenvalue weighted by molar-refractivity contribution is 5.10. The summed E-state index contributed by atoms with van der Waals surface area (Å²) in [5.41, 5.74) is 0.609. The molecule has 1 heteroatoms. The Morgan fingerprint density at radius 1 is 1.23 bits per heavy atom. The van der Waals surface area contributed by atoms with Gasteiger partial charge in [0.05, 0.1) is 11.5 Å². The molecule has 72 valence electrons. The lowest BCUT2D eigenvalue weighted by atomic mass is 9.61. The molecule has 0 N–H and O–H groups in total. The minimum absolute atomic E-state index is 0.105. The van der Waals surface area contributed by atoms with E-state index in [1.807, 2.05) is 0 Å². The Morgan fingerprint density at radius 2 is 1.92 bits per heavy atom. The minimum atomic E-state index is 0.105. The van der Waals surface area contributed by atoms with Gasteiger partial charge in [0.2, 0.25) is 0 Å². The van der Waals surface area contributed by atoms with Crippen molar-refractivity contribution in [3.63, 3.8) is 0 Å². The lowest BCUT2D eigenvalue weighted by molar-refractivity contribution is 0.112. The quantitative estimate of drug-likeness (QED) is 0.601. The molecule has 0 spiro atoms. The maximum Gasteiger partial charge on any atom is 0.0692 e. The molecule has 2 fully saturated rings. The highest BCUT2D eigenvalue weighted by atomic mass is 14.5. The zero-order valence-corrected chi connectivity index (χ0v) is 8.77. The molecule has 0 aliphatic heterocycles. The molecule has 1 nitrogen and oxygen atoms in total. The third-order valence-corrected chi connectivity index (χ3v) is 4.22. The van der Waals surface area contributed by atoms with Gasteiger partial charge in [-0.2, -0.15) is 5.26 Å². The van der Waals surface area contributed by atoms with E-state index in [0.717, 1.165) is 0 Å². The first-order chi connectivity index (χ1) is 6.08. The van der Waals surface area contributed by atoms with Crippen molar-refractivity contribution in [1.29, 1.82) is 5.26 Å². The first-order valence-corrected chi connectivity index (χ1v) is 5.49. The third-order valence-electron chi connectivity index (χ3n) is 4.22. The van der Waals surface area contributed by atoms with Crippen LogP contribution in [0.2, 0.25) is 0 Å². The summed E-state index contributed by atoms with van der Waals surface area (Å²) in [6.07, 6.45) is 7.52. The molecular weight excluding hydrogens is 158 g/mol. The van der Waals surface area contributed by atoms with Crippen LogP contribution in [0.1, 0.15) is 52.4 Å². The zero-order valence-electron chi connectivity index (χ0n) is 8.77. The second-order valence-electron chi connectivity index (χ2n) is 5.73. The topological polar surface area (TPSA) is 23.8 Å². The van der Waals surface area contributed by atoms with E-state index in [1.54, 1.807) is 0 Å². The van der Waals surface area contributed by atoms with Crippen molar-refractivity contribution < 1.29 is 0 Å². The van der Waals surface area contributed by atoms with E-state index >= 15 is 0 Å². The van der Waals surface area contributed by atoms with Gasteiger partial charge in [0.25, 0.3) is 0 Å². The number of nitriles is 1. The Labute approximate surface area is 81.1 Å². The van der Waals surface area contributed by atoms with Crippen LogP contribution in [0.25, 0.3) is 0 Å². The van der Waals surface area contributed by atoms with Gasteiger partial charge in [-0.1, -0.05) is 20.3 Å². The fourth-order valence-corrected chi connectivity index (χ4v) is 3.08. The Bertz CT molecular complexity index is 242. The normalized spacial score (nSPS) is 35.0. The summed E-state index contributed by atoms with van der Waals surface area (Å²) in [4.78, 5) is 0. The SMILES string of the molecule is CC1(C)CCC(C2(C#N)CCC2)C1. The van der Waals surface area contributed by atoms with Crippen LogP contribution in [-0.4, -0.2) is 0 Å². The van der Waals surface area contributed by atoms with E-state index in [2.05, 4.69) is 19.9 Å². The maximum atomic E-state index is 9.22. The molecule has 0 amide bonds. The third kappa shape index (κ3) is 1.37. The predicted octanol–water partition coefficient (Wildman–Crippen LogP) is 3.51. The molecule has 1 atom stereocenters. The van der Waals surface area contributed by atoms with Crippen LogP contribution >= 0.6 is 0 Å². The van der Waals surface area contributed by atoms with E-state index < -0.39 is 0 Å². The minimum Gasteiger partial charge on any atom is -0.198 e. The molecule has 0 radical (unpaired) electrons. The Hall–Kier alpha value is -0.510. The smallest absolute Gasteiger partial charge is 0.0692 e. The number of nitrogens with zero attached hydrogens (tertiary/aromatic N) is 1. The van der Waals surface area contributed by atoms with E-state index in [-0.39, 0.29) is 5.41 Å². The van der Waals surface area contributed by atoms with Gasteiger partial charge in [-0.3, -0.25) is 0 Å². The van der Waals surface area contributed by atoms with Gasteiger partial charge in [0, 0.05) is 0 Å². The van der Waals surface area contributed by atoms with Crippen molar-refractivity contribution in [2.45, 2.75) is 52.4 Å². The molecule has 2 aliphatic carbocycles. The number of hydrogen-bond acceptors (Lipinski definition) is 1. The fourth-order valence-electron chi connectivity index (χ4n) is 3.08. The monoisotopic (exact) mass is 177 g/mol. The standard InChI is InChI=1S/C12H19N/c1-11(2)7-4-10(8-11)12(9-13)5-3-6-12/h10H,3-8H2,1-2H3. The van der Waals surface area contributed by atoms with Crippen LogP contribution < -0.4 is 0 Å². The van der Waals surface area contributed by atoms with Crippen LogP contribution in [-0.2, 0) is 0 Å². The molecule has 1 unspecified atom stereocenters. The van der Waals surface area contributed by atoms with Crippen molar-refractivity contribution in [3.8, 4) is 6.07 Å². The summed E-state index contributed by atoms with van der Waals surface area (Å²) in [6.45, 7) is 4.69. The lowest BCUT2D eigenvalue weighted by Gasteiger charge is -2.41. The molecule has 0 aromatic heterocycles. The van der Waals surface area contributed by atoms with Crippen molar-refractivity contribution in [2.24, 2.45) is 16.7 Å². The lowest BCUT2D eigenvalue weighted by Crippen LogP contribution is -2.35. The van der Waals surface area contributed by atoms with Gasteiger partial charge < -0.3 is 0 Å². The van der Waals surface area contributed by atoms with Crippen molar-refractivity contribution >= 4 is 0 Å². The van der Waals surface area contributed by atoms with E-state index in [1.165, 1.54) is 38.5 Å². The van der Waals surface area contributed by atoms with E-state index in [0.29, 0.717) is 11.3 Å². The molecule has 2 aliphatic rings. The van der Waals surface area contributed by atoms with Crippen molar-refractivity contribution in [3.05, 3.63) is 0 Å². The number of hydrogen-bond donors (Lipinski definition) is 0. The van der Waals surface area contributed by atoms with Gasteiger partial charge in [-0.15, -0.1) is 0 Å². The molecule has 0 bridgehead atoms. The molecule has 0 aromatic carbocycles. The maximum absolute atomic E-state index is 9.22. The Balaban J connectivity index is 2.07. The van der Waals surface area contributed by atoms with Crippen LogP contribution in [0, 0.1) is 28.1 Å². The first-order valence-electron chi connectivity index (χ1n) is 5.49. The summed E-state index contributed by atoms with van der Waals surface area (Å²) >= 11 is 0. The molecular formula is C12H19N. The van der Waals surface area contributed by atoms with Gasteiger partial charge in [0.15, 0.2) is 0 Å². The molecule has 0 heterocycles. The average molecular weight is 177 g/mol. The summed E-state index contributed by atoms with van der Waals surface area (Å²) in [7, 11) is 0. The summed E-state index contributed by atoms with van der Waals surface area (Å²) in [5, 5.41) is 9.22. The molecule has 13 heavy (non-hydrogen) atoms. The van der Waals surface area contributed by atoms with E-state index in [9.17, 15) is 5.26 Å².